The van der Waals surface area contributed by atoms with Crippen LogP contribution in [0.2, 0.25) is 0 Å². The number of imide groups is 2. The van der Waals surface area contributed by atoms with Gasteiger partial charge in [0.2, 0.25) is 23.6 Å². The number of aromatic nitrogens is 2. The number of ether oxygens (including phenoxy) is 2. The molecule has 3 saturated heterocycles. The largest absolute Gasteiger partial charge is 0.493 e. The SMILES string of the molecule is COc1cc2nc(C)nc(N[C@H](C)c3cc(N)cc(C(F)(F)F)c3)c2cc1OCC1(CN(C)C(=O)C2CCN(C(=O)C3CCN(c4ccc5c(c4)C(=O)N(C4CCC(=O)NC4=O)C5=O)CC3)CC2)CC1. The van der Waals surface area contributed by atoms with Crippen molar-refractivity contribution in [1.29, 1.82) is 0 Å². The van der Waals surface area contributed by atoms with Gasteiger partial charge in [-0.1, -0.05) is 0 Å². The van der Waals surface area contributed by atoms with E-state index in [0.717, 1.165) is 35.6 Å². The number of nitrogens with two attached hydrogens (primary N) is 1. The third-order valence-electron chi connectivity index (χ3n) is 14.5. The molecule has 17 nitrogen and oxygen atoms in total. The fourth-order valence-corrected chi connectivity index (χ4v) is 10.3. The summed E-state index contributed by atoms with van der Waals surface area (Å²) in [5, 5.41) is 6.04. The van der Waals surface area contributed by atoms with Gasteiger partial charge in [-0.25, -0.2) is 9.97 Å². The molecule has 1 aliphatic carbocycles. The monoisotopic (exact) mass is 967 g/mol. The van der Waals surface area contributed by atoms with Gasteiger partial charge in [-0.2, -0.15) is 13.2 Å². The number of carbonyl (C=O) groups is 6. The van der Waals surface area contributed by atoms with E-state index >= 15 is 0 Å². The number of aryl methyl sites for hydroxylation is 1. The lowest BCUT2D eigenvalue weighted by Crippen LogP contribution is -2.54. The van der Waals surface area contributed by atoms with Crippen LogP contribution in [0.5, 0.6) is 11.5 Å². The minimum Gasteiger partial charge on any atom is -0.493 e. The summed E-state index contributed by atoms with van der Waals surface area (Å²) in [6, 6.07) is 10.4. The van der Waals surface area contributed by atoms with Gasteiger partial charge in [0, 0.05) is 86.3 Å². The Kier molecular flexibility index (Phi) is 12.9. The molecule has 4 aliphatic heterocycles. The standard InChI is InChI=1S/C50H56F3N9O8/c1-27(31-19-32(50(51,52)53)21-33(54)20-31)55-43-37-23-41(40(69-4)24-38(37)56-28(2)57-43)70-26-49(13-14-49)25-59(3)45(65)29-11-17-61(18-12-29)46(66)30-9-15-60(16-10-30)34-5-6-35-36(22-34)48(68)62(47(35)67)39-7-8-42(63)58-44(39)64/h5-6,19-24,27,29-30,39H,7-18,25-26,54H2,1-4H3,(H,55,56,57)(H,58,63,64)/t27-,39?/m1/s1. The van der Waals surface area contributed by atoms with Crippen molar-refractivity contribution >= 4 is 63.5 Å². The van der Waals surface area contributed by atoms with E-state index in [0.29, 0.717) is 105 Å². The molecule has 1 unspecified atom stereocenters. The quantitative estimate of drug-likeness (QED) is 0.106. The van der Waals surface area contributed by atoms with Gasteiger partial charge in [0.05, 0.1) is 42.0 Å². The van der Waals surface area contributed by atoms with Gasteiger partial charge in [0.1, 0.15) is 17.7 Å². The number of amides is 6. The van der Waals surface area contributed by atoms with Gasteiger partial charge in [-0.3, -0.25) is 39.0 Å². The molecule has 1 saturated carbocycles. The second-order valence-corrected chi connectivity index (χ2v) is 19.4. The van der Waals surface area contributed by atoms with E-state index < -0.39 is 47.5 Å². The molecule has 0 spiro atoms. The van der Waals surface area contributed by atoms with Crippen molar-refractivity contribution in [3.05, 3.63) is 76.6 Å². The molecule has 2 atom stereocenters. The van der Waals surface area contributed by atoms with Crippen LogP contribution in [0.25, 0.3) is 10.9 Å². The summed E-state index contributed by atoms with van der Waals surface area (Å²) >= 11 is 0. The smallest absolute Gasteiger partial charge is 0.416 e. The van der Waals surface area contributed by atoms with Gasteiger partial charge in [0.15, 0.2) is 11.5 Å². The third-order valence-corrected chi connectivity index (χ3v) is 14.5. The van der Waals surface area contributed by atoms with E-state index in [-0.39, 0.29) is 58.7 Å². The highest BCUT2D eigenvalue weighted by Crippen LogP contribution is 2.48. The van der Waals surface area contributed by atoms with E-state index in [2.05, 4.69) is 25.5 Å². The molecule has 0 bridgehead atoms. The molecule has 20 heteroatoms. The predicted molar refractivity (Wildman–Crippen MR) is 251 cm³/mol. The van der Waals surface area contributed by atoms with Crippen LogP contribution in [-0.4, -0.2) is 120 Å². The topological polar surface area (TPSA) is 210 Å². The summed E-state index contributed by atoms with van der Waals surface area (Å²) in [7, 11) is 3.34. The number of fused-ring (bicyclic) bond motifs is 2. The van der Waals surface area contributed by atoms with Crippen molar-refractivity contribution in [1.82, 2.24) is 30.0 Å². The second-order valence-electron chi connectivity index (χ2n) is 19.4. The highest BCUT2D eigenvalue weighted by atomic mass is 19.4. The number of likely N-dealkylation sites (tertiary alicyclic amines) is 1. The lowest BCUT2D eigenvalue weighted by molar-refractivity contribution is -0.142. The highest BCUT2D eigenvalue weighted by molar-refractivity contribution is 6.23. The molecule has 5 heterocycles. The zero-order chi connectivity index (χ0) is 49.8. The zero-order valence-electron chi connectivity index (χ0n) is 39.5. The number of hydrogen-bond donors (Lipinski definition) is 3. The number of rotatable bonds is 13. The van der Waals surface area contributed by atoms with Crippen molar-refractivity contribution in [2.75, 3.05) is 69.4 Å². The molecular formula is C50H56F3N9O8. The van der Waals surface area contributed by atoms with E-state index in [9.17, 15) is 41.9 Å². The van der Waals surface area contributed by atoms with Crippen LogP contribution in [0, 0.1) is 24.2 Å². The number of nitrogen functional groups attached to an aromatic ring is 1. The van der Waals surface area contributed by atoms with Crippen molar-refractivity contribution in [3.63, 3.8) is 0 Å². The number of anilines is 3. The molecule has 370 valence electrons. The summed E-state index contributed by atoms with van der Waals surface area (Å²) in [6.07, 6.45) is -0.410. The molecule has 0 radical (unpaired) electrons. The number of benzene rings is 3. The first-order chi connectivity index (χ1) is 33.3. The van der Waals surface area contributed by atoms with E-state index in [4.69, 9.17) is 15.2 Å². The lowest BCUT2D eigenvalue weighted by Gasteiger charge is -2.38. The summed E-state index contributed by atoms with van der Waals surface area (Å²) in [5.74, 6) is -0.792. The second kappa shape index (κ2) is 18.7. The number of methoxy groups -OCH3 is 1. The highest BCUT2D eigenvalue weighted by Gasteiger charge is 2.47. The summed E-state index contributed by atoms with van der Waals surface area (Å²) in [4.78, 5) is 94.2. The Balaban J connectivity index is 0.763. The average Bonchev–Trinajstić information content (AvgIpc) is 4.06. The molecule has 4 fully saturated rings. The molecule has 70 heavy (non-hydrogen) atoms. The van der Waals surface area contributed by atoms with Crippen molar-refractivity contribution in [2.24, 2.45) is 17.3 Å². The average molecular weight is 968 g/mol. The van der Waals surface area contributed by atoms with E-state index in [1.54, 1.807) is 49.1 Å². The molecule has 3 aromatic carbocycles. The normalized spacial score (nSPS) is 20.0. The minimum atomic E-state index is -4.56. The zero-order valence-corrected chi connectivity index (χ0v) is 39.5. The van der Waals surface area contributed by atoms with Crippen molar-refractivity contribution in [2.45, 2.75) is 83.5 Å². The van der Waals surface area contributed by atoms with Crippen LogP contribution in [0.1, 0.15) is 102 Å². The van der Waals surface area contributed by atoms with Crippen LogP contribution in [0.15, 0.2) is 48.5 Å². The maximum Gasteiger partial charge on any atom is 0.416 e. The first kappa shape index (κ1) is 48.1. The number of halogens is 3. The van der Waals surface area contributed by atoms with Gasteiger partial charge in [-0.05, 0) is 107 Å². The van der Waals surface area contributed by atoms with Crippen LogP contribution in [0.3, 0.4) is 0 Å². The van der Waals surface area contributed by atoms with Crippen LogP contribution in [0.4, 0.5) is 30.4 Å². The Hall–Kier alpha value is -6.99. The predicted octanol–water partition coefficient (Wildman–Crippen LogP) is 5.89. The maximum absolute atomic E-state index is 13.8. The minimum absolute atomic E-state index is 0.00573. The summed E-state index contributed by atoms with van der Waals surface area (Å²) in [6.45, 7) is 6.34. The number of hydrogen-bond acceptors (Lipinski definition) is 13. The first-order valence-electron chi connectivity index (χ1n) is 23.7. The maximum atomic E-state index is 13.8. The number of carbonyl (C=O) groups excluding carboxylic acids is 6. The fourth-order valence-electron chi connectivity index (χ4n) is 10.3. The van der Waals surface area contributed by atoms with Gasteiger partial charge < -0.3 is 35.2 Å². The molecule has 9 rings (SSSR count). The van der Waals surface area contributed by atoms with Crippen LogP contribution >= 0.6 is 0 Å². The number of alkyl halides is 3. The van der Waals surface area contributed by atoms with E-state index in [1.807, 2.05) is 11.9 Å². The third kappa shape index (κ3) is 9.63. The Bertz CT molecular complexity index is 2790. The molecule has 6 amide bonds. The Morgan fingerprint density at radius 1 is 0.914 bits per heavy atom. The molecule has 4 N–H and O–H groups in total. The van der Waals surface area contributed by atoms with Crippen LogP contribution in [-0.2, 0) is 25.4 Å². The number of nitrogens with one attached hydrogen (secondary N) is 2. The Morgan fingerprint density at radius 3 is 2.29 bits per heavy atom. The van der Waals surface area contributed by atoms with Gasteiger partial charge in [-0.15, -0.1) is 0 Å². The fraction of sp³-hybridized carbons (Fsp3) is 0.480. The van der Waals surface area contributed by atoms with Crippen molar-refractivity contribution < 1.29 is 51.4 Å². The molecule has 1 aromatic heterocycles. The molecular weight excluding hydrogens is 912 g/mol. The van der Waals surface area contributed by atoms with E-state index in [1.165, 1.54) is 13.2 Å². The Labute approximate surface area is 402 Å². The van der Waals surface area contributed by atoms with Gasteiger partial charge in [0.25, 0.3) is 11.8 Å². The van der Waals surface area contributed by atoms with Gasteiger partial charge >= 0.3 is 6.18 Å². The molecule has 4 aromatic rings. The lowest BCUT2D eigenvalue weighted by atomic mass is 9.91. The van der Waals surface area contributed by atoms with Crippen LogP contribution < -0.4 is 30.7 Å². The molecule has 5 aliphatic rings. The van der Waals surface area contributed by atoms with Crippen molar-refractivity contribution in [3.8, 4) is 11.5 Å². The first-order valence-corrected chi connectivity index (χ1v) is 23.7. The number of piperidine rings is 3. The number of nitrogens with zero attached hydrogens (tertiary/aromatic N) is 6. The summed E-state index contributed by atoms with van der Waals surface area (Å²) < 4.78 is 53.0. The Morgan fingerprint density at radius 2 is 1.61 bits per heavy atom. The summed E-state index contributed by atoms with van der Waals surface area (Å²) in [5.41, 5.74) is 6.80.